The summed E-state index contributed by atoms with van der Waals surface area (Å²) in [7, 11) is 1.69. The van der Waals surface area contributed by atoms with Gasteiger partial charge in [-0.3, -0.25) is 4.99 Å². The fourth-order valence-corrected chi connectivity index (χ4v) is 3.52. The van der Waals surface area contributed by atoms with Gasteiger partial charge in [-0.1, -0.05) is 40.7 Å². The predicted molar refractivity (Wildman–Crippen MR) is 109 cm³/mol. The van der Waals surface area contributed by atoms with Crippen LogP contribution in [0.5, 0.6) is 5.75 Å². The van der Waals surface area contributed by atoms with Crippen LogP contribution in [-0.2, 0) is 10.2 Å². The number of ether oxygens (including phenoxy) is 1. The minimum absolute atomic E-state index is 0.0195. The van der Waals surface area contributed by atoms with Crippen LogP contribution in [0, 0.1) is 11.8 Å². The van der Waals surface area contributed by atoms with Crippen LogP contribution < -0.4 is 5.32 Å². The summed E-state index contributed by atoms with van der Waals surface area (Å²) in [4.78, 5) is 7.03. The number of aliphatic imine (C=N–C) groups is 1. The average Bonchev–Trinajstić information content (AvgIpc) is 2.53. The molecule has 1 saturated heterocycles. The largest absolute Gasteiger partial charge is 0.506 e. The molecule has 0 radical (unpaired) electrons. The number of aromatic hydroxyl groups is 1. The number of nitrogens with one attached hydrogen (secondary N) is 1. The van der Waals surface area contributed by atoms with E-state index in [1.807, 2.05) is 12.1 Å². The summed E-state index contributed by atoms with van der Waals surface area (Å²) >= 11 is 0. The molecule has 0 aromatic heterocycles. The maximum absolute atomic E-state index is 10.4. The van der Waals surface area contributed by atoms with Crippen LogP contribution in [0.3, 0.4) is 0 Å². The van der Waals surface area contributed by atoms with Gasteiger partial charge in [0.1, 0.15) is 5.75 Å². The number of benzene rings is 1. The SMILES string of the molecule is COCCN=C(Nc1cc(C(C)(C)C)ccc1O)N1CC(C)CC(C)C1. The molecule has 1 aromatic carbocycles. The van der Waals surface area contributed by atoms with E-state index in [2.05, 4.69) is 44.8 Å². The fourth-order valence-electron chi connectivity index (χ4n) is 3.52. The standard InChI is InChI=1S/C21H35N3O2/c1-15-11-16(2)14-24(13-15)20(22-9-10-26-6)23-18-12-17(21(3,4)5)7-8-19(18)25/h7-8,12,15-16,25H,9-11,13-14H2,1-6H3,(H,22,23). The second kappa shape index (κ2) is 8.76. The lowest BCUT2D eigenvalue weighted by Crippen LogP contribution is -2.45. The van der Waals surface area contributed by atoms with Crippen molar-refractivity contribution >= 4 is 11.6 Å². The summed E-state index contributed by atoms with van der Waals surface area (Å²) in [6.45, 7) is 14.2. The van der Waals surface area contributed by atoms with Gasteiger partial charge in [0, 0.05) is 20.2 Å². The second-order valence-corrected chi connectivity index (χ2v) is 8.66. The normalized spacial score (nSPS) is 21.8. The minimum atomic E-state index is 0.0195. The van der Waals surface area contributed by atoms with E-state index >= 15 is 0 Å². The first kappa shape index (κ1) is 20.6. The highest BCUT2D eigenvalue weighted by atomic mass is 16.5. The predicted octanol–water partition coefficient (Wildman–Crippen LogP) is 4.08. The smallest absolute Gasteiger partial charge is 0.198 e. The summed E-state index contributed by atoms with van der Waals surface area (Å²) in [6, 6.07) is 5.77. The highest BCUT2D eigenvalue weighted by Gasteiger charge is 2.25. The third-order valence-corrected chi connectivity index (χ3v) is 4.83. The number of methoxy groups -OCH3 is 1. The number of phenols is 1. The van der Waals surface area contributed by atoms with Crippen LogP contribution >= 0.6 is 0 Å². The van der Waals surface area contributed by atoms with Gasteiger partial charge in [-0.2, -0.15) is 0 Å². The lowest BCUT2D eigenvalue weighted by Gasteiger charge is -2.37. The Balaban J connectivity index is 2.28. The molecule has 0 aliphatic carbocycles. The van der Waals surface area contributed by atoms with Gasteiger partial charge < -0.3 is 20.1 Å². The summed E-state index contributed by atoms with van der Waals surface area (Å²) in [6.07, 6.45) is 1.24. The summed E-state index contributed by atoms with van der Waals surface area (Å²) in [5, 5.41) is 13.8. The van der Waals surface area contributed by atoms with Gasteiger partial charge in [-0.05, 0) is 41.4 Å². The van der Waals surface area contributed by atoms with Gasteiger partial charge in [-0.15, -0.1) is 0 Å². The number of hydrogen-bond acceptors (Lipinski definition) is 3. The van der Waals surface area contributed by atoms with Gasteiger partial charge in [0.05, 0.1) is 18.8 Å². The van der Waals surface area contributed by atoms with Crippen molar-refractivity contribution in [2.24, 2.45) is 16.8 Å². The minimum Gasteiger partial charge on any atom is -0.506 e. The molecule has 5 nitrogen and oxygen atoms in total. The summed E-state index contributed by atoms with van der Waals surface area (Å²) < 4.78 is 5.16. The zero-order valence-corrected chi connectivity index (χ0v) is 17.2. The van der Waals surface area contributed by atoms with Gasteiger partial charge in [0.25, 0.3) is 0 Å². The zero-order valence-electron chi connectivity index (χ0n) is 17.2. The van der Waals surface area contributed by atoms with Crippen molar-refractivity contribution in [2.75, 3.05) is 38.7 Å². The number of phenolic OH excluding ortho intramolecular Hbond substituents is 1. The van der Waals surface area contributed by atoms with E-state index in [9.17, 15) is 5.11 Å². The van der Waals surface area contributed by atoms with Crippen molar-refractivity contribution < 1.29 is 9.84 Å². The molecule has 146 valence electrons. The van der Waals surface area contributed by atoms with E-state index in [0.717, 1.165) is 19.0 Å². The highest BCUT2D eigenvalue weighted by molar-refractivity contribution is 5.95. The summed E-state index contributed by atoms with van der Waals surface area (Å²) in [5.41, 5.74) is 1.90. The topological polar surface area (TPSA) is 57.1 Å². The molecular formula is C21H35N3O2. The fraction of sp³-hybridized carbons (Fsp3) is 0.667. The third-order valence-electron chi connectivity index (χ3n) is 4.83. The maximum atomic E-state index is 10.4. The van der Waals surface area contributed by atoms with Gasteiger partial charge in [-0.25, -0.2) is 0 Å². The molecular weight excluding hydrogens is 326 g/mol. The first-order valence-corrected chi connectivity index (χ1v) is 9.59. The quantitative estimate of drug-likeness (QED) is 0.367. The van der Waals surface area contributed by atoms with Crippen LogP contribution in [-0.4, -0.2) is 49.3 Å². The van der Waals surface area contributed by atoms with Crippen molar-refractivity contribution in [1.29, 1.82) is 0 Å². The molecule has 2 N–H and O–H groups in total. The molecule has 0 bridgehead atoms. The van der Waals surface area contributed by atoms with Gasteiger partial charge >= 0.3 is 0 Å². The van der Waals surface area contributed by atoms with Crippen molar-refractivity contribution in [3.05, 3.63) is 23.8 Å². The van der Waals surface area contributed by atoms with E-state index in [0.29, 0.717) is 30.7 Å². The van der Waals surface area contributed by atoms with Gasteiger partial charge in [0.2, 0.25) is 0 Å². The molecule has 0 amide bonds. The zero-order chi connectivity index (χ0) is 19.3. The molecule has 1 aliphatic rings. The Morgan fingerprint density at radius 3 is 2.50 bits per heavy atom. The number of hydrogen-bond donors (Lipinski definition) is 2. The molecule has 2 atom stereocenters. The lowest BCUT2D eigenvalue weighted by molar-refractivity contribution is 0.202. The number of rotatable bonds is 4. The van der Waals surface area contributed by atoms with Gasteiger partial charge in [0.15, 0.2) is 5.96 Å². The molecule has 1 fully saturated rings. The van der Waals surface area contributed by atoms with E-state index < -0.39 is 0 Å². The Hall–Kier alpha value is -1.75. The molecule has 2 rings (SSSR count). The number of nitrogens with zero attached hydrogens (tertiary/aromatic N) is 2. The van der Waals surface area contributed by atoms with Crippen LogP contribution in [0.25, 0.3) is 0 Å². The van der Waals surface area contributed by atoms with E-state index in [-0.39, 0.29) is 11.2 Å². The van der Waals surface area contributed by atoms with E-state index in [1.54, 1.807) is 13.2 Å². The lowest BCUT2D eigenvalue weighted by atomic mass is 9.87. The summed E-state index contributed by atoms with van der Waals surface area (Å²) in [5.74, 6) is 2.32. The molecule has 0 saturated carbocycles. The van der Waals surface area contributed by atoms with E-state index in [4.69, 9.17) is 9.73 Å². The molecule has 0 spiro atoms. The Bertz CT molecular complexity index is 612. The van der Waals surface area contributed by atoms with Crippen molar-refractivity contribution in [1.82, 2.24) is 4.90 Å². The van der Waals surface area contributed by atoms with Crippen LogP contribution in [0.1, 0.15) is 46.6 Å². The van der Waals surface area contributed by atoms with E-state index in [1.165, 1.54) is 12.0 Å². The van der Waals surface area contributed by atoms with Crippen molar-refractivity contribution in [3.8, 4) is 5.75 Å². The molecule has 2 unspecified atom stereocenters. The second-order valence-electron chi connectivity index (χ2n) is 8.66. The van der Waals surface area contributed by atoms with Crippen molar-refractivity contribution in [3.63, 3.8) is 0 Å². The van der Waals surface area contributed by atoms with Crippen LogP contribution in [0.4, 0.5) is 5.69 Å². The Kier molecular flexibility index (Phi) is 6.93. The average molecular weight is 362 g/mol. The highest BCUT2D eigenvalue weighted by Crippen LogP contribution is 2.31. The van der Waals surface area contributed by atoms with Crippen LogP contribution in [0.2, 0.25) is 0 Å². The Morgan fingerprint density at radius 1 is 1.27 bits per heavy atom. The molecule has 1 aromatic rings. The third kappa shape index (κ3) is 5.63. The number of anilines is 1. The molecule has 1 heterocycles. The van der Waals surface area contributed by atoms with Crippen molar-refractivity contribution in [2.45, 2.75) is 46.5 Å². The van der Waals surface area contributed by atoms with Crippen LogP contribution in [0.15, 0.2) is 23.2 Å². The number of piperidine rings is 1. The molecule has 5 heteroatoms. The number of guanidine groups is 1. The Labute approximate surface area is 158 Å². The Morgan fingerprint density at radius 2 is 1.92 bits per heavy atom. The maximum Gasteiger partial charge on any atom is 0.198 e. The monoisotopic (exact) mass is 361 g/mol. The first-order chi connectivity index (χ1) is 12.2. The first-order valence-electron chi connectivity index (χ1n) is 9.59. The molecule has 26 heavy (non-hydrogen) atoms. The number of likely N-dealkylation sites (tertiary alicyclic amines) is 1. The molecule has 1 aliphatic heterocycles.